The zero-order valence-electron chi connectivity index (χ0n) is 12.4. The second kappa shape index (κ2) is 7.10. The minimum Gasteiger partial charge on any atom is -0.468 e. The number of methoxy groups -OCH3 is 1. The largest absolute Gasteiger partial charge is 0.468 e. The molecule has 116 valence electrons. The highest BCUT2D eigenvalue weighted by atomic mass is 16.5. The van der Waals surface area contributed by atoms with Crippen molar-refractivity contribution in [3.63, 3.8) is 0 Å². The molecule has 7 heteroatoms. The molecule has 0 aromatic carbocycles. The lowest BCUT2D eigenvalue weighted by Gasteiger charge is -2.22. The van der Waals surface area contributed by atoms with E-state index in [1.165, 1.54) is 7.11 Å². The standard InChI is InChI=1S/C14H21N3O4/c1-3-5-10-8-11(16-21-10)12-6-4-7-17(12)14(19)15-9-13(18)20-2/h8,12H,3-7,9H2,1-2H3,(H,15,19)/t12-/m1/s1. The quantitative estimate of drug-likeness (QED) is 0.835. The topological polar surface area (TPSA) is 84.7 Å². The Morgan fingerprint density at radius 1 is 1.57 bits per heavy atom. The molecule has 1 N–H and O–H groups in total. The molecule has 1 fully saturated rings. The molecule has 0 aliphatic carbocycles. The number of amides is 2. The molecule has 7 nitrogen and oxygen atoms in total. The number of urea groups is 1. The summed E-state index contributed by atoms with van der Waals surface area (Å²) in [5.74, 6) is 0.375. The lowest BCUT2D eigenvalue weighted by atomic mass is 10.1. The van der Waals surface area contributed by atoms with Gasteiger partial charge in [0.25, 0.3) is 0 Å². The van der Waals surface area contributed by atoms with Crippen LogP contribution in [0.1, 0.15) is 43.7 Å². The Bertz CT molecular complexity index is 500. The fraction of sp³-hybridized carbons (Fsp3) is 0.643. The minimum absolute atomic E-state index is 0.0861. The van der Waals surface area contributed by atoms with Gasteiger partial charge in [-0.15, -0.1) is 0 Å². The molecule has 0 radical (unpaired) electrons. The van der Waals surface area contributed by atoms with Crippen LogP contribution in [0.4, 0.5) is 4.79 Å². The van der Waals surface area contributed by atoms with Crippen LogP contribution in [0.5, 0.6) is 0 Å². The molecule has 1 aliphatic rings. The third kappa shape index (κ3) is 3.74. The number of hydrogen-bond donors (Lipinski definition) is 1. The first-order valence-electron chi connectivity index (χ1n) is 7.22. The van der Waals surface area contributed by atoms with Crippen LogP contribution in [0.2, 0.25) is 0 Å². The molecular weight excluding hydrogens is 274 g/mol. The van der Waals surface area contributed by atoms with Gasteiger partial charge in [-0.05, 0) is 19.3 Å². The molecule has 21 heavy (non-hydrogen) atoms. The Balaban J connectivity index is 1.98. The fourth-order valence-electron chi connectivity index (χ4n) is 2.49. The zero-order chi connectivity index (χ0) is 15.2. The predicted molar refractivity (Wildman–Crippen MR) is 74.6 cm³/mol. The van der Waals surface area contributed by atoms with Crippen LogP contribution in [-0.2, 0) is 16.0 Å². The van der Waals surface area contributed by atoms with E-state index in [4.69, 9.17) is 4.52 Å². The summed E-state index contributed by atoms with van der Waals surface area (Å²) in [7, 11) is 1.29. The van der Waals surface area contributed by atoms with Crippen LogP contribution < -0.4 is 5.32 Å². The first-order chi connectivity index (χ1) is 10.2. The maximum atomic E-state index is 12.1. The number of rotatable bonds is 5. The number of aryl methyl sites for hydroxylation is 1. The van der Waals surface area contributed by atoms with E-state index in [9.17, 15) is 9.59 Å². The van der Waals surface area contributed by atoms with Gasteiger partial charge in [0.2, 0.25) is 0 Å². The second-order valence-electron chi connectivity index (χ2n) is 5.05. The Kier molecular flexibility index (Phi) is 5.19. The summed E-state index contributed by atoms with van der Waals surface area (Å²) in [6.45, 7) is 2.59. The van der Waals surface area contributed by atoms with E-state index >= 15 is 0 Å². The van der Waals surface area contributed by atoms with Gasteiger partial charge >= 0.3 is 12.0 Å². The second-order valence-corrected chi connectivity index (χ2v) is 5.05. The van der Waals surface area contributed by atoms with Crippen molar-refractivity contribution in [2.45, 2.75) is 38.6 Å². The maximum absolute atomic E-state index is 12.1. The van der Waals surface area contributed by atoms with Crippen molar-refractivity contribution < 1.29 is 18.8 Å². The number of carbonyl (C=O) groups excluding carboxylic acids is 2. The van der Waals surface area contributed by atoms with Gasteiger partial charge in [-0.3, -0.25) is 4.79 Å². The highest BCUT2D eigenvalue weighted by molar-refractivity contribution is 5.81. The fourth-order valence-corrected chi connectivity index (χ4v) is 2.49. The summed E-state index contributed by atoms with van der Waals surface area (Å²) in [4.78, 5) is 24.9. The Morgan fingerprint density at radius 3 is 3.10 bits per heavy atom. The molecule has 0 spiro atoms. The molecule has 1 aromatic heterocycles. The molecule has 1 aliphatic heterocycles. The third-order valence-electron chi connectivity index (χ3n) is 3.54. The van der Waals surface area contributed by atoms with E-state index < -0.39 is 5.97 Å². The first-order valence-corrected chi connectivity index (χ1v) is 7.22. The van der Waals surface area contributed by atoms with Crippen molar-refractivity contribution in [1.29, 1.82) is 0 Å². The van der Waals surface area contributed by atoms with Crippen molar-refractivity contribution in [1.82, 2.24) is 15.4 Å². The SMILES string of the molecule is CCCc1cc([C@H]2CCCN2C(=O)NCC(=O)OC)no1. The van der Waals surface area contributed by atoms with Crippen LogP contribution in [0.25, 0.3) is 0 Å². The molecule has 0 saturated carbocycles. The summed E-state index contributed by atoms with van der Waals surface area (Å²) >= 11 is 0. The summed E-state index contributed by atoms with van der Waals surface area (Å²) in [5.41, 5.74) is 0.782. The van der Waals surface area contributed by atoms with Gasteiger partial charge in [0.1, 0.15) is 18.0 Å². The number of nitrogens with zero attached hydrogens (tertiary/aromatic N) is 2. The Hall–Kier alpha value is -2.05. The minimum atomic E-state index is -0.467. The molecule has 1 aromatic rings. The van der Waals surface area contributed by atoms with Crippen LogP contribution in [-0.4, -0.2) is 42.3 Å². The van der Waals surface area contributed by atoms with Gasteiger partial charge < -0.3 is 19.5 Å². The van der Waals surface area contributed by atoms with E-state index in [0.29, 0.717) is 6.54 Å². The molecule has 0 unspecified atom stereocenters. The molecule has 2 amide bonds. The van der Waals surface area contributed by atoms with Crippen molar-refractivity contribution in [2.75, 3.05) is 20.2 Å². The number of esters is 1. The van der Waals surface area contributed by atoms with Crippen LogP contribution >= 0.6 is 0 Å². The number of ether oxygens (including phenoxy) is 1. The number of aromatic nitrogens is 1. The van der Waals surface area contributed by atoms with Gasteiger partial charge in [-0.25, -0.2) is 4.79 Å². The number of hydrogen-bond acceptors (Lipinski definition) is 5. The average Bonchev–Trinajstić information content (AvgIpc) is 3.13. The van der Waals surface area contributed by atoms with Gasteiger partial charge in [0.15, 0.2) is 0 Å². The smallest absolute Gasteiger partial charge is 0.325 e. The first kappa shape index (κ1) is 15.3. The van der Waals surface area contributed by atoms with Crippen molar-refractivity contribution >= 4 is 12.0 Å². The molecule has 0 bridgehead atoms. The lowest BCUT2D eigenvalue weighted by molar-refractivity contribution is -0.139. The van der Waals surface area contributed by atoms with Crippen molar-refractivity contribution in [3.05, 3.63) is 17.5 Å². The lowest BCUT2D eigenvalue weighted by Crippen LogP contribution is -2.41. The molecule has 2 heterocycles. The van der Waals surface area contributed by atoms with E-state index in [1.54, 1.807) is 4.90 Å². The number of likely N-dealkylation sites (tertiary alicyclic amines) is 1. The summed E-state index contributed by atoms with van der Waals surface area (Å²) in [5, 5.41) is 6.63. The van der Waals surface area contributed by atoms with E-state index in [2.05, 4.69) is 22.1 Å². The zero-order valence-corrected chi connectivity index (χ0v) is 12.4. The van der Waals surface area contributed by atoms with Crippen molar-refractivity contribution in [3.8, 4) is 0 Å². The van der Waals surface area contributed by atoms with Gasteiger partial charge in [0, 0.05) is 19.0 Å². The maximum Gasteiger partial charge on any atom is 0.325 e. The molecular formula is C14H21N3O4. The molecule has 1 saturated heterocycles. The predicted octanol–water partition coefficient (Wildman–Crippen LogP) is 1.65. The summed E-state index contributed by atoms with van der Waals surface area (Å²) in [6, 6.07) is 1.56. The number of nitrogens with one attached hydrogen (secondary N) is 1. The van der Waals surface area contributed by atoms with E-state index in [0.717, 1.165) is 37.1 Å². The third-order valence-corrected chi connectivity index (χ3v) is 3.54. The van der Waals surface area contributed by atoms with Crippen LogP contribution in [0.15, 0.2) is 10.6 Å². The number of carbonyl (C=O) groups is 2. The average molecular weight is 295 g/mol. The molecule has 2 rings (SSSR count). The highest BCUT2D eigenvalue weighted by Gasteiger charge is 2.32. The summed E-state index contributed by atoms with van der Waals surface area (Å²) in [6.07, 6.45) is 3.59. The van der Waals surface area contributed by atoms with Gasteiger partial charge in [-0.1, -0.05) is 12.1 Å². The van der Waals surface area contributed by atoms with Gasteiger partial charge in [-0.2, -0.15) is 0 Å². The Morgan fingerprint density at radius 2 is 2.38 bits per heavy atom. The van der Waals surface area contributed by atoms with Gasteiger partial charge in [0.05, 0.1) is 13.2 Å². The molecule has 1 atom stereocenters. The van der Waals surface area contributed by atoms with Crippen molar-refractivity contribution in [2.24, 2.45) is 0 Å². The van der Waals surface area contributed by atoms with Crippen LogP contribution in [0, 0.1) is 0 Å². The highest BCUT2D eigenvalue weighted by Crippen LogP contribution is 2.31. The van der Waals surface area contributed by atoms with E-state index in [1.807, 2.05) is 6.07 Å². The van der Waals surface area contributed by atoms with Crippen LogP contribution in [0.3, 0.4) is 0 Å². The monoisotopic (exact) mass is 295 g/mol. The van der Waals surface area contributed by atoms with E-state index in [-0.39, 0.29) is 18.6 Å². The Labute approximate surface area is 123 Å². The summed E-state index contributed by atoms with van der Waals surface area (Å²) < 4.78 is 9.78. The normalized spacial score (nSPS) is 17.8.